The molecule has 0 aromatic rings. The Labute approximate surface area is 140 Å². The van der Waals surface area contributed by atoms with Crippen molar-refractivity contribution in [1.29, 1.82) is 0 Å². The number of amides is 2. The monoisotopic (exact) mass is 331 g/mol. The van der Waals surface area contributed by atoms with Gasteiger partial charge in [0.25, 0.3) is 0 Å². The van der Waals surface area contributed by atoms with Crippen LogP contribution in [0.3, 0.4) is 0 Å². The summed E-state index contributed by atoms with van der Waals surface area (Å²) in [6.45, 7) is 5.35. The highest BCUT2D eigenvalue weighted by Crippen LogP contribution is 2.23. The third-order valence-electron chi connectivity index (χ3n) is 4.83. The summed E-state index contributed by atoms with van der Waals surface area (Å²) >= 11 is 0. The molecular weight excluding hydrogens is 302 g/mol. The predicted octanol–water partition coefficient (Wildman–Crippen LogP) is 1.66. The van der Waals surface area contributed by atoms with Crippen molar-refractivity contribution in [2.45, 2.75) is 51.5 Å². The van der Waals surface area contributed by atoms with Gasteiger partial charge < -0.3 is 15.1 Å². The third-order valence-corrected chi connectivity index (χ3v) is 4.83. The molecule has 0 aliphatic carbocycles. The number of nitrogens with zero attached hydrogens (tertiary/aromatic N) is 2. The molecule has 0 saturated carbocycles. The molecular formula is C16H30ClN3O2. The summed E-state index contributed by atoms with van der Waals surface area (Å²) in [5, 5.41) is 3.22. The number of carbonyl (C=O) groups excluding carboxylic acids is 2. The van der Waals surface area contributed by atoms with Crippen LogP contribution in [0.15, 0.2) is 0 Å². The maximum absolute atomic E-state index is 12.8. The summed E-state index contributed by atoms with van der Waals surface area (Å²) < 4.78 is 0. The lowest BCUT2D eigenvalue weighted by atomic mass is 9.94. The zero-order valence-corrected chi connectivity index (χ0v) is 14.7. The molecule has 6 heteroatoms. The Balaban J connectivity index is 0.00000242. The summed E-state index contributed by atoms with van der Waals surface area (Å²) in [7, 11) is 1.98. The highest BCUT2D eigenvalue weighted by atomic mass is 35.5. The maximum atomic E-state index is 12.8. The quantitative estimate of drug-likeness (QED) is 0.852. The number of nitrogens with one attached hydrogen (secondary N) is 1. The number of rotatable bonds is 4. The van der Waals surface area contributed by atoms with Crippen LogP contribution in [-0.4, -0.2) is 60.9 Å². The number of likely N-dealkylation sites (tertiary alicyclic amines) is 2. The smallest absolute Gasteiger partial charge is 0.245 e. The SMILES string of the molecule is CCC(=O)N1CCCCC1C(=O)N1CCC(CNC)CC1.Cl. The lowest BCUT2D eigenvalue weighted by molar-refractivity contribution is -0.148. The number of hydrogen-bond acceptors (Lipinski definition) is 3. The molecule has 2 fully saturated rings. The minimum absolute atomic E-state index is 0. The Morgan fingerprint density at radius 2 is 1.77 bits per heavy atom. The Kier molecular flexibility index (Phi) is 8.18. The van der Waals surface area contributed by atoms with Gasteiger partial charge >= 0.3 is 0 Å². The molecule has 128 valence electrons. The van der Waals surface area contributed by atoms with Crippen LogP contribution in [0.5, 0.6) is 0 Å². The van der Waals surface area contributed by atoms with E-state index in [1.165, 1.54) is 0 Å². The number of hydrogen-bond donors (Lipinski definition) is 1. The number of carbonyl (C=O) groups is 2. The van der Waals surface area contributed by atoms with Crippen LogP contribution < -0.4 is 5.32 Å². The zero-order chi connectivity index (χ0) is 15.2. The molecule has 2 heterocycles. The maximum Gasteiger partial charge on any atom is 0.245 e. The van der Waals surface area contributed by atoms with E-state index in [1.54, 1.807) is 0 Å². The van der Waals surface area contributed by atoms with Crippen LogP contribution in [-0.2, 0) is 9.59 Å². The van der Waals surface area contributed by atoms with E-state index in [9.17, 15) is 9.59 Å². The van der Waals surface area contributed by atoms with Crippen LogP contribution in [0.4, 0.5) is 0 Å². The molecule has 2 aliphatic rings. The molecule has 2 amide bonds. The average Bonchev–Trinajstić information content (AvgIpc) is 2.54. The van der Waals surface area contributed by atoms with Crippen molar-refractivity contribution in [3.63, 3.8) is 0 Å². The van der Waals surface area contributed by atoms with Gasteiger partial charge in [-0.15, -0.1) is 12.4 Å². The fraction of sp³-hybridized carbons (Fsp3) is 0.875. The fourth-order valence-electron chi connectivity index (χ4n) is 3.55. The Hall–Kier alpha value is -0.810. The summed E-state index contributed by atoms with van der Waals surface area (Å²) in [6, 6.07) is -0.202. The molecule has 0 bridgehead atoms. The first kappa shape index (κ1) is 19.2. The van der Waals surface area contributed by atoms with Gasteiger partial charge in [-0.25, -0.2) is 0 Å². The lowest BCUT2D eigenvalue weighted by Crippen LogP contribution is -2.54. The minimum Gasteiger partial charge on any atom is -0.341 e. The second-order valence-electron chi connectivity index (χ2n) is 6.28. The van der Waals surface area contributed by atoms with Gasteiger partial charge in [0.05, 0.1) is 0 Å². The first-order valence-electron chi connectivity index (χ1n) is 8.40. The molecule has 2 saturated heterocycles. The highest BCUT2D eigenvalue weighted by molar-refractivity contribution is 5.88. The standard InChI is InChI=1S/C16H29N3O2.ClH/c1-3-15(20)19-9-5-4-6-14(19)16(21)18-10-7-13(8-11-18)12-17-2;/h13-14,17H,3-12H2,1-2H3;1H. The normalized spacial score (nSPS) is 23.1. The van der Waals surface area contributed by atoms with Gasteiger partial charge in [-0.1, -0.05) is 6.92 Å². The molecule has 1 unspecified atom stereocenters. The number of piperidine rings is 2. The summed E-state index contributed by atoms with van der Waals surface area (Å²) in [4.78, 5) is 28.6. The molecule has 1 N–H and O–H groups in total. The Bertz CT molecular complexity index is 370. The van der Waals surface area contributed by atoms with Gasteiger partial charge in [0.1, 0.15) is 6.04 Å². The molecule has 2 rings (SSSR count). The third kappa shape index (κ3) is 4.59. The molecule has 5 nitrogen and oxygen atoms in total. The molecule has 1 atom stereocenters. The van der Waals surface area contributed by atoms with Crippen LogP contribution >= 0.6 is 12.4 Å². The lowest BCUT2D eigenvalue weighted by Gasteiger charge is -2.40. The van der Waals surface area contributed by atoms with E-state index < -0.39 is 0 Å². The van der Waals surface area contributed by atoms with Crippen LogP contribution in [0, 0.1) is 5.92 Å². The summed E-state index contributed by atoms with van der Waals surface area (Å²) in [5.41, 5.74) is 0. The highest BCUT2D eigenvalue weighted by Gasteiger charge is 2.35. The van der Waals surface area contributed by atoms with Crippen molar-refractivity contribution in [2.75, 3.05) is 33.2 Å². The minimum atomic E-state index is -0.202. The zero-order valence-electron chi connectivity index (χ0n) is 13.8. The topological polar surface area (TPSA) is 52.7 Å². The van der Waals surface area contributed by atoms with Gasteiger partial charge in [-0.3, -0.25) is 9.59 Å². The second-order valence-corrected chi connectivity index (χ2v) is 6.28. The first-order chi connectivity index (χ1) is 10.2. The molecule has 0 aromatic heterocycles. The van der Waals surface area contributed by atoms with Crippen LogP contribution in [0.1, 0.15) is 45.4 Å². The average molecular weight is 332 g/mol. The number of halogens is 1. The Morgan fingerprint density at radius 3 is 2.36 bits per heavy atom. The van der Waals surface area contributed by atoms with Crippen LogP contribution in [0.2, 0.25) is 0 Å². The van der Waals surface area contributed by atoms with Crippen molar-refractivity contribution in [1.82, 2.24) is 15.1 Å². The first-order valence-corrected chi connectivity index (χ1v) is 8.40. The predicted molar refractivity (Wildman–Crippen MR) is 90.1 cm³/mol. The van der Waals surface area contributed by atoms with Crippen molar-refractivity contribution >= 4 is 24.2 Å². The van der Waals surface area contributed by atoms with E-state index in [2.05, 4.69) is 5.32 Å². The van der Waals surface area contributed by atoms with E-state index >= 15 is 0 Å². The van der Waals surface area contributed by atoms with Gasteiger partial charge in [0.15, 0.2) is 0 Å². The van der Waals surface area contributed by atoms with Crippen molar-refractivity contribution in [3.8, 4) is 0 Å². The van der Waals surface area contributed by atoms with Crippen LogP contribution in [0.25, 0.3) is 0 Å². The van der Waals surface area contributed by atoms with Crippen molar-refractivity contribution < 1.29 is 9.59 Å². The molecule has 0 aromatic carbocycles. The summed E-state index contributed by atoms with van der Waals surface area (Å²) in [5.74, 6) is 0.983. The molecule has 2 aliphatic heterocycles. The van der Waals surface area contributed by atoms with E-state index in [0.29, 0.717) is 12.3 Å². The van der Waals surface area contributed by atoms with E-state index in [-0.39, 0.29) is 30.3 Å². The van der Waals surface area contributed by atoms with Gasteiger partial charge in [-0.2, -0.15) is 0 Å². The largest absolute Gasteiger partial charge is 0.341 e. The van der Waals surface area contributed by atoms with Gasteiger partial charge in [0.2, 0.25) is 11.8 Å². The summed E-state index contributed by atoms with van der Waals surface area (Å²) in [6.07, 6.45) is 5.55. The fourth-order valence-corrected chi connectivity index (χ4v) is 3.55. The molecule has 0 spiro atoms. The van der Waals surface area contributed by atoms with Gasteiger partial charge in [0, 0.05) is 26.1 Å². The van der Waals surface area contributed by atoms with E-state index in [0.717, 1.165) is 58.3 Å². The van der Waals surface area contributed by atoms with Crippen molar-refractivity contribution in [3.05, 3.63) is 0 Å². The van der Waals surface area contributed by atoms with Gasteiger partial charge in [-0.05, 0) is 51.6 Å². The second kappa shape index (κ2) is 9.36. The molecule has 0 radical (unpaired) electrons. The van der Waals surface area contributed by atoms with E-state index in [1.807, 2.05) is 23.8 Å². The van der Waals surface area contributed by atoms with E-state index in [4.69, 9.17) is 0 Å². The molecule has 22 heavy (non-hydrogen) atoms. The van der Waals surface area contributed by atoms with Crippen molar-refractivity contribution in [2.24, 2.45) is 5.92 Å². The Morgan fingerprint density at radius 1 is 1.09 bits per heavy atom.